The number of halogens is 1. The van der Waals surface area contributed by atoms with Gasteiger partial charge in [0.05, 0.1) is 6.10 Å². The lowest BCUT2D eigenvalue weighted by Crippen LogP contribution is -2.03. The lowest BCUT2D eigenvalue weighted by molar-refractivity contribution is 0.195. The van der Waals surface area contributed by atoms with E-state index in [0.717, 1.165) is 18.6 Å². The molecule has 1 aliphatic rings. The second-order valence-electron chi connectivity index (χ2n) is 5.60. The summed E-state index contributed by atoms with van der Waals surface area (Å²) >= 11 is 0. The number of hydrogen-bond donors (Lipinski definition) is 1. The topological polar surface area (TPSA) is 29.5 Å². The van der Waals surface area contributed by atoms with E-state index in [9.17, 15) is 9.50 Å². The van der Waals surface area contributed by atoms with E-state index in [1.54, 1.807) is 13.0 Å². The molecule has 0 bridgehead atoms. The van der Waals surface area contributed by atoms with Gasteiger partial charge < -0.3 is 9.84 Å². The van der Waals surface area contributed by atoms with Crippen molar-refractivity contribution < 1.29 is 14.2 Å². The summed E-state index contributed by atoms with van der Waals surface area (Å²) in [4.78, 5) is 0. The van der Waals surface area contributed by atoms with Crippen LogP contribution in [0.3, 0.4) is 0 Å². The van der Waals surface area contributed by atoms with Gasteiger partial charge in [0.15, 0.2) is 0 Å². The van der Waals surface area contributed by atoms with Crippen LogP contribution < -0.4 is 4.74 Å². The Kier molecular flexibility index (Phi) is 3.93. The number of benzene rings is 2. The van der Waals surface area contributed by atoms with Gasteiger partial charge in [0.1, 0.15) is 17.3 Å². The third-order valence-electron chi connectivity index (χ3n) is 3.97. The monoisotopic (exact) mass is 286 g/mol. The molecule has 1 aliphatic carbocycles. The Balaban J connectivity index is 1.90. The Morgan fingerprint density at radius 2 is 1.81 bits per heavy atom. The van der Waals surface area contributed by atoms with E-state index in [1.807, 2.05) is 6.07 Å². The van der Waals surface area contributed by atoms with Gasteiger partial charge in [-0.2, -0.15) is 0 Å². The average molecular weight is 286 g/mol. The maximum atomic E-state index is 13.3. The van der Waals surface area contributed by atoms with Crippen molar-refractivity contribution in [2.45, 2.75) is 38.7 Å². The number of hydrogen-bond acceptors (Lipinski definition) is 2. The first kappa shape index (κ1) is 14.1. The number of aliphatic hydroxyl groups is 1. The van der Waals surface area contributed by atoms with Crippen molar-refractivity contribution in [3.63, 3.8) is 0 Å². The SMILES string of the molecule is C[C@@H](O)c1cc(F)ccc1Oc1ccc2c(c1)CCCC2. The lowest BCUT2D eigenvalue weighted by atomic mass is 9.92. The van der Waals surface area contributed by atoms with Gasteiger partial charge in [-0.3, -0.25) is 0 Å². The number of ether oxygens (including phenoxy) is 1. The summed E-state index contributed by atoms with van der Waals surface area (Å²) in [5, 5.41) is 9.75. The minimum absolute atomic E-state index is 0.372. The van der Waals surface area contributed by atoms with Gasteiger partial charge in [-0.25, -0.2) is 4.39 Å². The van der Waals surface area contributed by atoms with E-state index in [1.165, 1.54) is 36.1 Å². The average Bonchev–Trinajstić information content (AvgIpc) is 2.49. The van der Waals surface area contributed by atoms with Crippen molar-refractivity contribution in [1.82, 2.24) is 0 Å². The molecule has 0 aliphatic heterocycles. The van der Waals surface area contributed by atoms with Crippen molar-refractivity contribution in [2.75, 3.05) is 0 Å². The van der Waals surface area contributed by atoms with Crippen LogP contribution in [0, 0.1) is 5.82 Å². The molecule has 2 aromatic carbocycles. The van der Waals surface area contributed by atoms with Crippen LogP contribution in [0.25, 0.3) is 0 Å². The molecule has 0 spiro atoms. The molecule has 0 aromatic heterocycles. The molecule has 3 heteroatoms. The number of fused-ring (bicyclic) bond motifs is 1. The molecule has 110 valence electrons. The van der Waals surface area contributed by atoms with Gasteiger partial charge in [0.2, 0.25) is 0 Å². The lowest BCUT2D eigenvalue weighted by Gasteiger charge is -2.18. The molecule has 0 saturated heterocycles. The zero-order valence-corrected chi connectivity index (χ0v) is 12.1. The normalized spacial score (nSPS) is 15.4. The molecule has 1 N–H and O–H groups in total. The van der Waals surface area contributed by atoms with Gasteiger partial charge in [-0.05, 0) is 74.1 Å². The molecule has 0 saturated carbocycles. The predicted molar refractivity (Wildman–Crippen MR) is 80.2 cm³/mol. The third-order valence-corrected chi connectivity index (χ3v) is 3.97. The summed E-state index contributed by atoms with van der Waals surface area (Å²) in [5.41, 5.74) is 3.19. The maximum absolute atomic E-state index is 13.3. The minimum Gasteiger partial charge on any atom is -0.457 e. The summed E-state index contributed by atoms with van der Waals surface area (Å²) in [6.07, 6.45) is 3.90. The zero-order valence-electron chi connectivity index (χ0n) is 12.1. The van der Waals surface area contributed by atoms with Gasteiger partial charge in [-0.1, -0.05) is 6.07 Å². The second kappa shape index (κ2) is 5.86. The van der Waals surface area contributed by atoms with E-state index in [2.05, 4.69) is 12.1 Å². The number of aliphatic hydroxyl groups excluding tert-OH is 1. The number of aryl methyl sites for hydroxylation is 2. The fourth-order valence-electron chi connectivity index (χ4n) is 2.84. The van der Waals surface area contributed by atoms with Gasteiger partial charge in [0.25, 0.3) is 0 Å². The zero-order chi connectivity index (χ0) is 14.8. The first-order chi connectivity index (χ1) is 10.1. The summed E-state index contributed by atoms with van der Waals surface area (Å²) in [7, 11) is 0. The standard InChI is InChI=1S/C18H19FO2/c1-12(20)17-11-15(19)7-9-18(17)21-16-8-6-13-4-2-3-5-14(13)10-16/h6-12,20H,2-5H2,1H3/t12-/m1/s1. The highest BCUT2D eigenvalue weighted by Crippen LogP contribution is 2.32. The Bertz CT molecular complexity index is 650. The molecule has 0 heterocycles. The van der Waals surface area contributed by atoms with Gasteiger partial charge in [0, 0.05) is 5.56 Å². The van der Waals surface area contributed by atoms with Crippen molar-refractivity contribution >= 4 is 0 Å². The smallest absolute Gasteiger partial charge is 0.133 e. The van der Waals surface area contributed by atoms with E-state index in [4.69, 9.17) is 4.74 Å². The molecule has 2 nitrogen and oxygen atoms in total. The fourth-order valence-corrected chi connectivity index (χ4v) is 2.84. The first-order valence-electron chi connectivity index (χ1n) is 7.40. The van der Waals surface area contributed by atoms with Crippen LogP contribution in [0.2, 0.25) is 0 Å². The maximum Gasteiger partial charge on any atom is 0.133 e. The predicted octanol–water partition coefficient (Wildman–Crippen LogP) is 4.55. The summed E-state index contributed by atoms with van der Waals surface area (Å²) in [6, 6.07) is 10.3. The molecule has 0 amide bonds. The summed E-state index contributed by atoms with van der Waals surface area (Å²) in [5.74, 6) is 0.870. The van der Waals surface area contributed by atoms with E-state index in [0.29, 0.717) is 11.3 Å². The minimum atomic E-state index is -0.770. The van der Waals surface area contributed by atoms with Gasteiger partial charge in [-0.15, -0.1) is 0 Å². The largest absolute Gasteiger partial charge is 0.457 e. The summed E-state index contributed by atoms with van der Waals surface area (Å²) < 4.78 is 19.2. The Morgan fingerprint density at radius 3 is 2.57 bits per heavy atom. The third kappa shape index (κ3) is 3.08. The molecule has 1 atom stereocenters. The van der Waals surface area contributed by atoms with Crippen LogP contribution >= 0.6 is 0 Å². The van der Waals surface area contributed by atoms with Crippen molar-refractivity contribution in [2.24, 2.45) is 0 Å². The first-order valence-corrected chi connectivity index (χ1v) is 7.40. The molecular formula is C18H19FO2. The number of rotatable bonds is 3. The van der Waals surface area contributed by atoms with E-state index < -0.39 is 6.10 Å². The second-order valence-corrected chi connectivity index (χ2v) is 5.60. The highest BCUT2D eigenvalue weighted by molar-refractivity contribution is 5.42. The van der Waals surface area contributed by atoms with E-state index >= 15 is 0 Å². The molecule has 2 aromatic rings. The van der Waals surface area contributed by atoms with Crippen LogP contribution in [-0.2, 0) is 12.8 Å². The highest BCUT2D eigenvalue weighted by Gasteiger charge is 2.14. The van der Waals surface area contributed by atoms with Crippen molar-refractivity contribution in [3.05, 3.63) is 58.9 Å². The fraction of sp³-hybridized carbons (Fsp3) is 0.333. The summed E-state index contributed by atoms with van der Waals surface area (Å²) in [6.45, 7) is 1.61. The molecule has 21 heavy (non-hydrogen) atoms. The van der Waals surface area contributed by atoms with Crippen molar-refractivity contribution in [3.8, 4) is 11.5 Å². The van der Waals surface area contributed by atoms with Gasteiger partial charge >= 0.3 is 0 Å². The Hall–Kier alpha value is -1.87. The molecule has 3 rings (SSSR count). The van der Waals surface area contributed by atoms with Crippen LogP contribution in [0.15, 0.2) is 36.4 Å². The molecular weight excluding hydrogens is 267 g/mol. The van der Waals surface area contributed by atoms with Crippen molar-refractivity contribution in [1.29, 1.82) is 0 Å². The Morgan fingerprint density at radius 1 is 1.05 bits per heavy atom. The van der Waals surface area contributed by atoms with Crippen LogP contribution in [-0.4, -0.2) is 5.11 Å². The Labute approximate surface area is 124 Å². The molecule has 0 fully saturated rings. The quantitative estimate of drug-likeness (QED) is 0.897. The van der Waals surface area contributed by atoms with Crippen LogP contribution in [0.4, 0.5) is 4.39 Å². The van der Waals surface area contributed by atoms with Crippen LogP contribution in [0.5, 0.6) is 11.5 Å². The molecule has 0 radical (unpaired) electrons. The highest BCUT2D eigenvalue weighted by atomic mass is 19.1. The van der Waals surface area contributed by atoms with E-state index in [-0.39, 0.29) is 5.82 Å². The molecule has 0 unspecified atom stereocenters. The van der Waals surface area contributed by atoms with Crippen LogP contribution in [0.1, 0.15) is 42.6 Å².